The van der Waals surface area contributed by atoms with E-state index in [-0.39, 0.29) is 5.91 Å². The molecule has 1 atom stereocenters. The van der Waals surface area contributed by atoms with Gasteiger partial charge < -0.3 is 14.6 Å². The molecule has 1 fully saturated rings. The molecule has 0 aliphatic carbocycles. The first-order valence-corrected chi connectivity index (χ1v) is 11.0. The second kappa shape index (κ2) is 8.70. The van der Waals surface area contributed by atoms with Crippen molar-refractivity contribution in [2.24, 2.45) is 0 Å². The number of fused-ring (bicyclic) bond motifs is 1. The van der Waals surface area contributed by atoms with Gasteiger partial charge in [0.25, 0.3) is 0 Å². The molecule has 2 N–H and O–H groups in total. The van der Waals surface area contributed by atoms with Crippen molar-refractivity contribution in [2.75, 3.05) is 13.1 Å². The van der Waals surface area contributed by atoms with Gasteiger partial charge in [-0.1, -0.05) is 62.3 Å². The van der Waals surface area contributed by atoms with Gasteiger partial charge in [-0.25, -0.2) is 0 Å². The molecule has 4 rings (SSSR count). The Morgan fingerprint density at radius 2 is 2.00 bits per heavy atom. The van der Waals surface area contributed by atoms with Crippen LogP contribution in [-0.4, -0.2) is 49.4 Å². The molecule has 1 saturated heterocycles. The molecule has 0 bridgehead atoms. The molecule has 6 nitrogen and oxygen atoms in total. The predicted octanol–water partition coefficient (Wildman–Crippen LogP) is 4.23. The summed E-state index contributed by atoms with van der Waals surface area (Å²) < 4.78 is 2.45. The van der Waals surface area contributed by atoms with Crippen molar-refractivity contribution < 1.29 is 9.90 Å². The number of hydrogen-bond donors (Lipinski definition) is 2. The fraction of sp³-hybridized carbons (Fsp3) is 0.435. The second-order valence-corrected chi connectivity index (χ2v) is 8.58. The molecular formula is C23H28N4O2S. The first-order chi connectivity index (χ1) is 14.5. The van der Waals surface area contributed by atoms with E-state index in [9.17, 15) is 9.90 Å². The van der Waals surface area contributed by atoms with E-state index in [0.29, 0.717) is 30.6 Å². The number of likely N-dealkylation sites (tertiary alicyclic amines) is 1. The van der Waals surface area contributed by atoms with Crippen LogP contribution in [0.15, 0.2) is 48.8 Å². The Hall–Kier alpha value is -2.51. The standard InChI is InChI=1S/C23H28N4O2S/c1-2-3-10-23(29)11-14-26(15-12-23)21(28)20(17-7-5-4-6-8-17)27-13-9-19-18(22(27)30)16-24-25-19/h4-9,13,16,20,29H,2-3,10-12,14-15H2,1H3,(H,24,25). The van der Waals surface area contributed by atoms with Crippen LogP contribution in [0.2, 0.25) is 0 Å². The highest BCUT2D eigenvalue weighted by Gasteiger charge is 2.36. The van der Waals surface area contributed by atoms with E-state index in [4.69, 9.17) is 12.2 Å². The zero-order chi connectivity index (χ0) is 21.1. The van der Waals surface area contributed by atoms with Crippen LogP contribution in [0.1, 0.15) is 50.6 Å². The Bertz CT molecular complexity index is 1070. The number of aliphatic hydroxyl groups is 1. The quantitative estimate of drug-likeness (QED) is 0.581. The number of benzene rings is 1. The number of carbonyl (C=O) groups excluding carboxylic acids is 1. The fourth-order valence-electron chi connectivity index (χ4n) is 4.29. The van der Waals surface area contributed by atoms with E-state index in [1.54, 1.807) is 6.20 Å². The van der Waals surface area contributed by atoms with Gasteiger partial charge in [0.2, 0.25) is 5.91 Å². The molecule has 0 radical (unpaired) electrons. The van der Waals surface area contributed by atoms with Crippen LogP contribution in [0.3, 0.4) is 0 Å². The lowest BCUT2D eigenvalue weighted by molar-refractivity contribution is -0.138. The van der Waals surface area contributed by atoms with Crippen LogP contribution in [0.25, 0.3) is 10.9 Å². The maximum absolute atomic E-state index is 13.7. The number of amides is 1. The predicted molar refractivity (Wildman–Crippen MR) is 120 cm³/mol. The minimum Gasteiger partial charge on any atom is -0.390 e. The number of piperidine rings is 1. The Labute approximate surface area is 181 Å². The van der Waals surface area contributed by atoms with Crippen molar-refractivity contribution in [3.05, 3.63) is 59.0 Å². The van der Waals surface area contributed by atoms with Crippen LogP contribution in [0.4, 0.5) is 0 Å². The van der Waals surface area contributed by atoms with Crippen LogP contribution < -0.4 is 0 Å². The largest absolute Gasteiger partial charge is 0.390 e. The summed E-state index contributed by atoms with van der Waals surface area (Å²) in [5, 5.41) is 18.7. The summed E-state index contributed by atoms with van der Waals surface area (Å²) in [6.07, 6.45) is 7.68. The Balaban J connectivity index is 1.65. The van der Waals surface area contributed by atoms with E-state index >= 15 is 0 Å². The summed E-state index contributed by atoms with van der Waals surface area (Å²) in [4.78, 5) is 15.6. The number of aromatic amines is 1. The van der Waals surface area contributed by atoms with Gasteiger partial charge in [0.1, 0.15) is 10.7 Å². The number of unbranched alkanes of at least 4 members (excludes halogenated alkanes) is 1. The van der Waals surface area contributed by atoms with E-state index < -0.39 is 11.6 Å². The Kier molecular flexibility index (Phi) is 6.01. The molecule has 1 aromatic carbocycles. The molecular weight excluding hydrogens is 396 g/mol. The van der Waals surface area contributed by atoms with Gasteiger partial charge in [-0.2, -0.15) is 5.10 Å². The topological polar surface area (TPSA) is 74.2 Å². The summed E-state index contributed by atoms with van der Waals surface area (Å²) in [5.41, 5.74) is 1.10. The normalized spacial score (nSPS) is 17.2. The maximum Gasteiger partial charge on any atom is 0.250 e. The molecule has 2 aromatic heterocycles. The van der Waals surface area contributed by atoms with Gasteiger partial charge >= 0.3 is 0 Å². The third kappa shape index (κ3) is 4.04. The molecule has 3 aromatic rings. The molecule has 1 aliphatic rings. The van der Waals surface area contributed by atoms with Gasteiger partial charge in [-0.15, -0.1) is 0 Å². The summed E-state index contributed by atoms with van der Waals surface area (Å²) in [5.74, 6) is 0.0117. The highest BCUT2D eigenvalue weighted by atomic mass is 32.1. The van der Waals surface area contributed by atoms with Gasteiger partial charge in [0.15, 0.2) is 0 Å². The average Bonchev–Trinajstić information content (AvgIpc) is 3.25. The smallest absolute Gasteiger partial charge is 0.250 e. The third-order valence-electron chi connectivity index (χ3n) is 6.16. The van der Waals surface area contributed by atoms with Crippen LogP contribution >= 0.6 is 12.2 Å². The Morgan fingerprint density at radius 1 is 1.27 bits per heavy atom. The van der Waals surface area contributed by atoms with Crippen molar-refractivity contribution in [1.29, 1.82) is 0 Å². The van der Waals surface area contributed by atoms with Crippen molar-refractivity contribution in [3.8, 4) is 0 Å². The SMILES string of the molecule is CCCCC1(O)CCN(C(=O)C(c2ccccc2)n2ccc3[nH]ncc3c2=S)CC1. The minimum absolute atomic E-state index is 0.0117. The first kappa shape index (κ1) is 20.8. The number of rotatable bonds is 6. The second-order valence-electron chi connectivity index (χ2n) is 8.19. The summed E-state index contributed by atoms with van der Waals surface area (Å²) >= 11 is 5.72. The molecule has 1 unspecified atom stereocenters. The highest BCUT2D eigenvalue weighted by Crippen LogP contribution is 2.31. The van der Waals surface area contributed by atoms with Gasteiger partial charge in [0.05, 0.1) is 22.7 Å². The number of H-pyrrole nitrogens is 1. The number of nitrogens with zero attached hydrogens (tertiary/aromatic N) is 3. The zero-order valence-corrected chi connectivity index (χ0v) is 18.1. The Morgan fingerprint density at radius 3 is 2.70 bits per heavy atom. The lowest BCUT2D eigenvalue weighted by Crippen LogP contribution is -2.48. The third-order valence-corrected chi connectivity index (χ3v) is 6.60. The van der Waals surface area contributed by atoms with Crippen molar-refractivity contribution in [1.82, 2.24) is 19.7 Å². The lowest BCUT2D eigenvalue weighted by atomic mass is 9.86. The van der Waals surface area contributed by atoms with Gasteiger partial charge in [0, 0.05) is 19.3 Å². The number of nitrogens with one attached hydrogen (secondary N) is 1. The average molecular weight is 425 g/mol. The minimum atomic E-state index is -0.652. The van der Waals surface area contributed by atoms with E-state index in [1.165, 1.54) is 0 Å². The molecule has 0 saturated carbocycles. The van der Waals surface area contributed by atoms with Crippen LogP contribution in [0, 0.1) is 4.64 Å². The summed E-state index contributed by atoms with van der Waals surface area (Å²) in [6.45, 7) is 3.25. The summed E-state index contributed by atoms with van der Waals surface area (Å²) in [7, 11) is 0. The molecule has 7 heteroatoms. The highest BCUT2D eigenvalue weighted by molar-refractivity contribution is 7.71. The van der Waals surface area contributed by atoms with E-state index in [0.717, 1.165) is 35.7 Å². The van der Waals surface area contributed by atoms with Gasteiger partial charge in [-0.05, 0) is 30.9 Å². The monoisotopic (exact) mass is 424 g/mol. The van der Waals surface area contributed by atoms with Crippen molar-refractivity contribution in [3.63, 3.8) is 0 Å². The number of pyridine rings is 1. The van der Waals surface area contributed by atoms with E-state index in [2.05, 4.69) is 17.1 Å². The maximum atomic E-state index is 13.7. The molecule has 0 spiro atoms. The number of hydrogen-bond acceptors (Lipinski definition) is 4. The molecule has 3 heterocycles. The van der Waals surface area contributed by atoms with Crippen LogP contribution in [0.5, 0.6) is 0 Å². The van der Waals surface area contributed by atoms with E-state index in [1.807, 2.05) is 52.1 Å². The number of carbonyl (C=O) groups is 1. The molecule has 158 valence electrons. The van der Waals surface area contributed by atoms with Crippen molar-refractivity contribution in [2.45, 2.75) is 50.7 Å². The van der Waals surface area contributed by atoms with Crippen molar-refractivity contribution >= 4 is 29.0 Å². The fourth-order valence-corrected chi connectivity index (χ4v) is 4.62. The molecule has 1 aliphatic heterocycles. The molecule has 30 heavy (non-hydrogen) atoms. The lowest BCUT2D eigenvalue weighted by Gasteiger charge is -2.40. The summed E-state index contributed by atoms with van der Waals surface area (Å²) in [6, 6.07) is 11.1. The number of aromatic nitrogens is 3. The first-order valence-electron chi connectivity index (χ1n) is 10.6. The zero-order valence-electron chi connectivity index (χ0n) is 17.3. The van der Waals surface area contributed by atoms with Gasteiger partial charge in [-0.3, -0.25) is 9.89 Å². The molecule has 1 amide bonds. The van der Waals surface area contributed by atoms with Crippen LogP contribution in [-0.2, 0) is 4.79 Å².